The number of hydrogen-bond donors (Lipinski definition) is 1. The van der Waals surface area contributed by atoms with Crippen molar-refractivity contribution in [2.24, 2.45) is 0 Å². The van der Waals surface area contributed by atoms with Crippen molar-refractivity contribution < 1.29 is 13.5 Å². The summed E-state index contributed by atoms with van der Waals surface area (Å²) in [6, 6.07) is 7.16. The van der Waals surface area contributed by atoms with Gasteiger partial charge in [-0.15, -0.1) is 11.3 Å². The highest BCUT2D eigenvalue weighted by Gasteiger charge is 2.26. The van der Waals surface area contributed by atoms with E-state index in [0.29, 0.717) is 14.4 Å². The number of anilines is 1. The first kappa shape index (κ1) is 16.5. The standard InChI is InChI=1S/C14H16BrNO3S2/c1-9-4-10(2)6-11(5-9)16(3)21(18,19)13-7-12(8-17)20-14(13)15/h4-7,17H,8H2,1-3H3. The van der Waals surface area contributed by atoms with E-state index in [2.05, 4.69) is 15.9 Å². The Morgan fingerprint density at radius 2 is 1.76 bits per heavy atom. The van der Waals surface area contributed by atoms with E-state index < -0.39 is 10.0 Å². The van der Waals surface area contributed by atoms with Crippen LogP contribution >= 0.6 is 27.3 Å². The molecule has 1 N–H and O–H groups in total. The summed E-state index contributed by atoms with van der Waals surface area (Å²) in [5.41, 5.74) is 2.64. The van der Waals surface area contributed by atoms with Gasteiger partial charge in [0.05, 0.1) is 16.1 Å². The summed E-state index contributed by atoms with van der Waals surface area (Å²) in [5, 5.41) is 9.15. The van der Waals surface area contributed by atoms with Crippen LogP contribution in [-0.4, -0.2) is 20.6 Å². The molecule has 1 aromatic carbocycles. The molecule has 1 aromatic heterocycles. The quantitative estimate of drug-likeness (QED) is 0.870. The minimum atomic E-state index is -3.66. The van der Waals surface area contributed by atoms with E-state index in [0.717, 1.165) is 11.1 Å². The molecule has 2 rings (SSSR count). The Morgan fingerprint density at radius 3 is 2.24 bits per heavy atom. The Hall–Kier alpha value is -0.890. The maximum Gasteiger partial charge on any atom is 0.266 e. The van der Waals surface area contributed by atoms with Crippen molar-refractivity contribution in [2.45, 2.75) is 25.3 Å². The minimum Gasteiger partial charge on any atom is -0.391 e. The highest BCUT2D eigenvalue weighted by Crippen LogP contribution is 2.35. The predicted octanol–water partition coefficient (Wildman–Crippen LogP) is 3.44. The van der Waals surface area contributed by atoms with Crippen molar-refractivity contribution >= 4 is 43.0 Å². The highest BCUT2D eigenvalue weighted by molar-refractivity contribution is 9.11. The van der Waals surface area contributed by atoms with Gasteiger partial charge in [0.2, 0.25) is 0 Å². The van der Waals surface area contributed by atoms with Crippen LogP contribution in [0.2, 0.25) is 0 Å². The topological polar surface area (TPSA) is 57.6 Å². The Morgan fingerprint density at radius 1 is 1.19 bits per heavy atom. The molecule has 0 atom stereocenters. The molecule has 0 saturated carbocycles. The molecular weight excluding hydrogens is 374 g/mol. The molecule has 4 nitrogen and oxygen atoms in total. The second-order valence-corrected chi connectivity index (χ2v) is 9.22. The summed E-state index contributed by atoms with van der Waals surface area (Å²) < 4.78 is 27.2. The van der Waals surface area contributed by atoms with E-state index in [9.17, 15) is 8.42 Å². The van der Waals surface area contributed by atoms with Gasteiger partial charge in [0.25, 0.3) is 10.0 Å². The fourth-order valence-corrected chi connectivity index (χ4v) is 5.74. The lowest BCUT2D eigenvalue weighted by Gasteiger charge is -2.20. The van der Waals surface area contributed by atoms with Crippen LogP contribution in [0.15, 0.2) is 32.9 Å². The number of sulfonamides is 1. The highest BCUT2D eigenvalue weighted by atomic mass is 79.9. The number of benzene rings is 1. The molecule has 1 heterocycles. The number of aryl methyl sites for hydroxylation is 2. The van der Waals surface area contributed by atoms with Crippen LogP contribution in [0.5, 0.6) is 0 Å². The first-order valence-corrected chi connectivity index (χ1v) is 9.27. The second-order valence-electron chi connectivity index (χ2n) is 4.83. The maximum absolute atomic E-state index is 12.7. The van der Waals surface area contributed by atoms with Gasteiger partial charge in [0, 0.05) is 11.9 Å². The molecule has 0 bridgehead atoms. The SMILES string of the molecule is Cc1cc(C)cc(N(C)S(=O)(=O)c2cc(CO)sc2Br)c1. The number of halogens is 1. The van der Waals surface area contributed by atoms with Gasteiger partial charge in [-0.1, -0.05) is 6.07 Å². The average Bonchev–Trinajstić information content (AvgIpc) is 2.78. The number of aliphatic hydroxyl groups is 1. The number of thiophene rings is 1. The third-order valence-electron chi connectivity index (χ3n) is 3.07. The predicted molar refractivity (Wildman–Crippen MR) is 89.4 cm³/mol. The zero-order valence-corrected chi connectivity index (χ0v) is 15.1. The van der Waals surface area contributed by atoms with Crippen molar-refractivity contribution in [3.63, 3.8) is 0 Å². The van der Waals surface area contributed by atoms with Crippen LogP contribution in [0.3, 0.4) is 0 Å². The molecule has 0 aliphatic carbocycles. The van der Waals surface area contributed by atoms with E-state index >= 15 is 0 Å². The number of aliphatic hydroxyl groups excluding tert-OH is 1. The van der Waals surface area contributed by atoms with Crippen molar-refractivity contribution in [3.05, 3.63) is 44.1 Å². The second kappa shape index (κ2) is 6.08. The molecule has 0 amide bonds. The molecule has 114 valence electrons. The van der Waals surface area contributed by atoms with Crippen LogP contribution in [0.1, 0.15) is 16.0 Å². The molecule has 2 aromatic rings. The molecule has 0 radical (unpaired) electrons. The van der Waals surface area contributed by atoms with E-state index in [1.165, 1.54) is 28.8 Å². The molecule has 0 aliphatic rings. The lowest BCUT2D eigenvalue weighted by molar-refractivity contribution is 0.285. The van der Waals surface area contributed by atoms with Crippen LogP contribution < -0.4 is 4.31 Å². The Balaban J connectivity index is 2.49. The van der Waals surface area contributed by atoms with E-state index in [4.69, 9.17) is 5.11 Å². The first-order chi connectivity index (χ1) is 9.75. The molecule has 7 heteroatoms. The summed E-state index contributed by atoms with van der Waals surface area (Å²) in [6.45, 7) is 3.69. The average molecular weight is 390 g/mol. The van der Waals surface area contributed by atoms with Crippen molar-refractivity contribution in [2.75, 3.05) is 11.4 Å². The van der Waals surface area contributed by atoms with Crippen LogP contribution in [0.4, 0.5) is 5.69 Å². The van der Waals surface area contributed by atoms with Gasteiger partial charge in [-0.2, -0.15) is 0 Å². The molecule has 0 unspecified atom stereocenters. The fraction of sp³-hybridized carbons (Fsp3) is 0.286. The van der Waals surface area contributed by atoms with Gasteiger partial charge in [0.1, 0.15) is 4.90 Å². The summed E-state index contributed by atoms with van der Waals surface area (Å²) in [5.74, 6) is 0. The van der Waals surface area contributed by atoms with Gasteiger partial charge in [-0.3, -0.25) is 4.31 Å². The van der Waals surface area contributed by atoms with E-state index in [1.807, 2.05) is 32.0 Å². The molecule has 0 fully saturated rings. The van der Waals surface area contributed by atoms with E-state index in [-0.39, 0.29) is 11.5 Å². The molecular formula is C14H16BrNO3S2. The summed E-state index contributed by atoms with van der Waals surface area (Å²) in [7, 11) is -2.13. The lowest BCUT2D eigenvalue weighted by atomic mass is 10.1. The molecule has 0 spiro atoms. The van der Waals surface area contributed by atoms with Gasteiger partial charge in [-0.25, -0.2) is 8.42 Å². The zero-order valence-electron chi connectivity index (χ0n) is 11.9. The van der Waals surface area contributed by atoms with Crippen LogP contribution in [0.25, 0.3) is 0 Å². The van der Waals surface area contributed by atoms with Gasteiger partial charge < -0.3 is 5.11 Å². The molecule has 21 heavy (non-hydrogen) atoms. The lowest BCUT2D eigenvalue weighted by Crippen LogP contribution is -2.26. The largest absolute Gasteiger partial charge is 0.391 e. The van der Waals surface area contributed by atoms with E-state index in [1.54, 1.807) is 0 Å². The van der Waals surface area contributed by atoms with Gasteiger partial charge in [0.15, 0.2) is 0 Å². The summed E-state index contributed by atoms with van der Waals surface area (Å²) in [4.78, 5) is 0.785. The fourth-order valence-electron chi connectivity index (χ4n) is 2.07. The maximum atomic E-state index is 12.7. The monoisotopic (exact) mass is 389 g/mol. The summed E-state index contributed by atoms with van der Waals surface area (Å²) in [6.07, 6.45) is 0. The first-order valence-electron chi connectivity index (χ1n) is 6.22. The normalized spacial score (nSPS) is 11.7. The molecule has 0 saturated heterocycles. The minimum absolute atomic E-state index is 0.175. The van der Waals surface area contributed by atoms with Crippen molar-refractivity contribution in [1.29, 1.82) is 0 Å². The Kier molecular flexibility index (Phi) is 4.77. The number of nitrogens with zero attached hydrogens (tertiary/aromatic N) is 1. The zero-order chi connectivity index (χ0) is 15.8. The number of rotatable bonds is 4. The van der Waals surface area contributed by atoms with Gasteiger partial charge in [-0.05, 0) is 59.1 Å². The van der Waals surface area contributed by atoms with Crippen LogP contribution in [-0.2, 0) is 16.6 Å². The Labute approximate surface area is 137 Å². The number of hydrogen-bond acceptors (Lipinski definition) is 4. The third kappa shape index (κ3) is 3.31. The van der Waals surface area contributed by atoms with Gasteiger partial charge >= 0.3 is 0 Å². The Bertz CT molecular complexity index is 748. The molecule has 0 aliphatic heterocycles. The third-order valence-corrected chi connectivity index (χ3v) is 7.09. The van der Waals surface area contributed by atoms with Crippen LogP contribution in [0, 0.1) is 13.8 Å². The van der Waals surface area contributed by atoms with Crippen molar-refractivity contribution in [3.8, 4) is 0 Å². The smallest absolute Gasteiger partial charge is 0.266 e. The summed E-state index contributed by atoms with van der Waals surface area (Å²) >= 11 is 4.49. The van der Waals surface area contributed by atoms with Crippen molar-refractivity contribution in [1.82, 2.24) is 0 Å².